The Balaban J connectivity index is 0.000000182. The Bertz CT molecular complexity index is 6730. The first-order valence-corrected chi connectivity index (χ1v) is 66.4. The van der Waals surface area contributed by atoms with Crippen LogP contribution in [0.4, 0.5) is 0 Å². The van der Waals surface area contributed by atoms with Gasteiger partial charge in [-0.3, -0.25) is 0 Å². The molecule has 0 saturated carbocycles. The predicted octanol–water partition coefficient (Wildman–Crippen LogP) is 42.6. The Kier molecular flexibility index (Phi) is 34.5. The lowest BCUT2D eigenvalue weighted by Gasteiger charge is -2.35. The number of hydrogen-bond acceptors (Lipinski definition) is 6. The second-order valence-corrected chi connectivity index (χ2v) is 58.2. The molecule has 0 N–H and O–H groups in total. The fraction of sp³-hybridized carbons (Fsp3) is 0.407. The van der Waals surface area contributed by atoms with Crippen molar-refractivity contribution in [2.24, 2.45) is 0 Å². The molecule has 6 heterocycles. The van der Waals surface area contributed by atoms with E-state index in [2.05, 4.69) is 378 Å². The summed E-state index contributed by atoms with van der Waals surface area (Å²) < 4.78 is 9.77. The highest BCUT2D eigenvalue weighted by Crippen LogP contribution is 2.70. The van der Waals surface area contributed by atoms with Gasteiger partial charge in [-0.05, 0) is 338 Å². The average Bonchev–Trinajstić information content (AvgIpc) is 1.51. The van der Waals surface area contributed by atoms with Crippen molar-refractivity contribution in [3.05, 3.63) is 389 Å². The zero-order valence-electron chi connectivity index (χ0n) is 88.2. The maximum absolute atomic E-state index is 4.10. The van der Waals surface area contributed by atoms with Gasteiger partial charge in [-0.15, -0.1) is 68.0 Å². The van der Waals surface area contributed by atoms with E-state index in [4.69, 9.17) is 0 Å². The molecule has 0 atom stereocenters. The molecule has 0 amide bonds. The van der Waals surface area contributed by atoms with Crippen LogP contribution in [0.15, 0.2) is 256 Å². The van der Waals surface area contributed by atoms with Crippen LogP contribution < -0.4 is 4.50 Å². The highest BCUT2D eigenvalue weighted by atomic mass is 79.9. The van der Waals surface area contributed by atoms with Crippen molar-refractivity contribution < 1.29 is 0 Å². The van der Waals surface area contributed by atoms with E-state index in [1.165, 1.54) is 407 Å². The highest BCUT2D eigenvalue weighted by Gasteiger charge is 2.57. The fourth-order valence-corrected chi connectivity index (χ4v) is 35.9. The monoisotopic (exact) mass is 2150 g/mol. The van der Waals surface area contributed by atoms with Crippen molar-refractivity contribution in [2.75, 3.05) is 0 Å². The maximum Gasteiger partial charge on any atom is 0.0904 e. The van der Waals surface area contributed by atoms with Gasteiger partial charge in [0.2, 0.25) is 0 Å². The van der Waals surface area contributed by atoms with Gasteiger partial charge in [0.05, 0.1) is 46.7 Å². The quantitative estimate of drug-likeness (QED) is 0.0263. The van der Waals surface area contributed by atoms with Gasteiger partial charge >= 0.3 is 0 Å². The lowest BCUT2D eigenvalue weighted by molar-refractivity contribution is 0.666. The molecule has 4 aliphatic rings. The van der Waals surface area contributed by atoms with Crippen molar-refractivity contribution in [1.82, 2.24) is 0 Å². The van der Waals surface area contributed by atoms with Gasteiger partial charge in [-0.1, -0.05) is 423 Å². The van der Waals surface area contributed by atoms with Crippen LogP contribution >= 0.6 is 99.9 Å². The van der Waals surface area contributed by atoms with Gasteiger partial charge < -0.3 is 0 Å². The SMILES string of the molecule is CCCCCCc1ccc(C2(c3ccc(CCCCCC)cc3)c3cc4c(cc3-c3sc(Br)cc32)C(c2ccc(CCCCCC)cc2)(c2ccc(CCCCCC)cc2)c2c-4sc3cc(Br)sc23)cc1.CCCCCCc1ccc(C2(c3ccc(CCCCCC)cc3)c3cc4c(cc3-c3sccc32)C(c2ccc(CCCCCC)cc2)(c2ccc(CCCCCC)cc2)c2c-4sc3cc([Si](C)(C)C)sc23)cc1. The molecule has 16 aromatic rings. The van der Waals surface area contributed by atoms with Crippen molar-refractivity contribution >= 4 is 131 Å². The fourth-order valence-electron chi connectivity index (χ4n) is 25.1. The van der Waals surface area contributed by atoms with Crippen LogP contribution in [0.5, 0.6) is 0 Å². The number of benzene rings is 10. The van der Waals surface area contributed by atoms with E-state index >= 15 is 0 Å². The summed E-state index contributed by atoms with van der Waals surface area (Å²) in [7, 11) is -1.60. The Morgan fingerprint density at radius 1 is 0.215 bits per heavy atom. The largest absolute Gasteiger partial charge is 0.144 e. The first-order valence-electron chi connectivity index (χ1n) is 56.3. The van der Waals surface area contributed by atoms with E-state index in [1.807, 2.05) is 45.3 Å². The summed E-state index contributed by atoms with van der Waals surface area (Å²) in [6, 6.07) is 101. The maximum atomic E-state index is 4.10. The number of thiophene rings is 6. The molecule has 144 heavy (non-hydrogen) atoms. The van der Waals surface area contributed by atoms with Crippen LogP contribution in [0.3, 0.4) is 0 Å². The van der Waals surface area contributed by atoms with Crippen LogP contribution in [-0.2, 0) is 73.0 Å². The van der Waals surface area contributed by atoms with Crippen molar-refractivity contribution in [3.8, 4) is 41.8 Å². The van der Waals surface area contributed by atoms with Crippen molar-refractivity contribution in [2.45, 2.75) is 354 Å². The van der Waals surface area contributed by atoms with Gasteiger partial charge in [0.25, 0.3) is 0 Å². The Hall–Kier alpha value is -7.90. The molecule has 0 fully saturated rings. The summed E-state index contributed by atoms with van der Waals surface area (Å²) in [6.07, 6.45) is 50.2. The molecular formula is C135H154Br2S6Si. The first kappa shape index (κ1) is 105. The van der Waals surface area contributed by atoms with E-state index in [1.54, 1.807) is 4.50 Å². The molecule has 9 heteroatoms. The minimum atomic E-state index is -1.60. The molecule has 10 aromatic carbocycles. The predicted molar refractivity (Wildman–Crippen MR) is 646 cm³/mol. The standard InChI is InChI=1S/C69H82S3Si.C66H72Br2S3/c1-8-12-16-20-24-49-28-36-53(37-29-49)68(54-38-30-50(31-39-54)25-21-17-13-9-2)59-44-45-70-65(59)57-46-61-58(47-60(57)68)66-64(67-62(71-66)48-63(72-67)73(5,6)7)69(61,55-40-32-51(33-41-55)26-22-18-14-10-3)56-42-34-52(35-43-56)27-23-19-15-11-4;1-5-9-13-17-21-45-25-33-49(34-26-45)65(50-35-27-46(28-36-50)22-18-14-10-6-2)55-42-54-56(41-53(55)62-57(65)43-59(67)70-62)66(61-63(54)69-58-44-60(68)71-64(58)61,51-37-29-47(30-38-51)23-19-15-11-7-3)52-39-31-48(32-40-52)24-20-16-12-8-4/h28-48H,8-27H2,1-7H3;25-44H,5-24H2,1-4H3. The number of aryl methyl sites for hydroxylation is 8. The van der Waals surface area contributed by atoms with Gasteiger partial charge in [-0.25, -0.2) is 0 Å². The zero-order chi connectivity index (χ0) is 99.5. The number of unbranched alkanes of at least 4 members (excludes halogenated alkanes) is 24. The van der Waals surface area contributed by atoms with E-state index in [9.17, 15) is 0 Å². The van der Waals surface area contributed by atoms with Crippen LogP contribution in [0.25, 0.3) is 60.6 Å². The number of rotatable bonds is 49. The molecule has 4 aliphatic carbocycles. The number of halogens is 2. The topological polar surface area (TPSA) is 0 Å². The van der Waals surface area contributed by atoms with Crippen LogP contribution in [0.1, 0.15) is 394 Å². The summed E-state index contributed by atoms with van der Waals surface area (Å²) >= 11 is 20.1. The Morgan fingerprint density at radius 3 is 0.743 bits per heavy atom. The third kappa shape index (κ3) is 20.5. The van der Waals surface area contributed by atoms with Gasteiger partial charge in [0.1, 0.15) is 0 Å². The lowest BCUT2D eigenvalue weighted by Crippen LogP contribution is -2.34. The summed E-state index contributed by atoms with van der Waals surface area (Å²) in [4.78, 5) is 5.72. The minimum Gasteiger partial charge on any atom is -0.144 e. The summed E-state index contributed by atoms with van der Waals surface area (Å²) in [5.74, 6) is 0. The summed E-state index contributed by atoms with van der Waals surface area (Å²) in [5, 5.41) is 2.38. The normalized spacial score (nSPS) is 14.1. The number of hydrogen-bond donors (Lipinski definition) is 0. The van der Waals surface area contributed by atoms with E-state index < -0.39 is 29.7 Å². The van der Waals surface area contributed by atoms with Crippen molar-refractivity contribution in [3.63, 3.8) is 0 Å². The zero-order valence-corrected chi connectivity index (χ0v) is 97.2. The summed E-state index contributed by atoms with van der Waals surface area (Å²) in [6.45, 7) is 26.1. The first-order chi connectivity index (χ1) is 70.5. The molecular weight excluding hydrogens is 2000 g/mol. The third-order valence-electron chi connectivity index (χ3n) is 32.9. The van der Waals surface area contributed by atoms with Crippen molar-refractivity contribution in [1.29, 1.82) is 0 Å². The highest BCUT2D eigenvalue weighted by molar-refractivity contribution is 9.11. The minimum absolute atomic E-state index is 0.439. The second kappa shape index (κ2) is 47.5. The summed E-state index contributed by atoms with van der Waals surface area (Å²) in [5.41, 5.74) is 38.0. The molecule has 0 radical (unpaired) electrons. The van der Waals surface area contributed by atoms with Gasteiger partial charge in [-0.2, -0.15) is 0 Å². The second-order valence-electron chi connectivity index (χ2n) is 43.8. The van der Waals surface area contributed by atoms with Crippen LogP contribution in [0.2, 0.25) is 19.6 Å². The van der Waals surface area contributed by atoms with Gasteiger partial charge in [0.15, 0.2) is 0 Å². The van der Waals surface area contributed by atoms with Crippen LogP contribution in [-0.4, -0.2) is 8.07 Å². The molecule has 0 aliphatic heterocycles. The van der Waals surface area contributed by atoms with E-state index in [0.717, 1.165) is 51.4 Å². The molecule has 0 unspecified atom stereocenters. The lowest BCUT2D eigenvalue weighted by atomic mass is 9.65. The van der Waals surface area contributed by atoms with E-state index in [-0.39, 0.29) is 0 Å². The molecule has 0 nitrogen and oxygen atoms in total. The number of fused-ring (bicyclic) bond motifs is 16. The molecule has 0 bridgehead atoms. The molecule has 6 aromatic heterocycles. The third-order valence-corrected chi connectivity index (χ3v) is 44.5. The molecule has 748 valence electrons. The van der Waals surface area contributed by atoms with E-state index in [0.29, 0.717) is 0 Å². The molecule has 0 spiro atoms. The van der Waals surface area contributed by atoms with Gasteiger partial charge in [0, 0.05) is 40.0 Å². The Morgan fingerprint density at radius 2 is 0.458 bits per heavy atom. The Labute approximate surface area is 907 Å². The molecule has 0 saturated heterocycles. The average molecular weight is 2160 g/mol. The molecule has 20 rings (SSSR count). The van der Waals surface area contributed by atoms with Crippen LogP contribution in [0, 0.1) is 0 Å². The smallest absolute Gasteiger partial charge is 0.0904 e.